The number of benzene rings is 1. The van der Waals surface area contributed by atoms with Gasteiger partial charge in [0.25, 0.3) is 11.6 Å². The summed E-state index contributed by atoms with van der Waals surface area (Å²) >= 11 is 0. The molecule has 0 heterocycles. The number of hydrogen-bond donors (Lipinski definition) is 1. The fraction of sp³-hybridized carbons (Fsp3) is 0.385. The molecule has 0 aromatic heterocycles. The molecule has 7 nitrogen and oxygen atoms in total. The Balaban J connectivity index is 2.25. The number of carboxylic acids is 1. The third-order valence-electron chi connectivity index (χ3n) is 3.12. The number of nitro benzene ring substituents is 1. The highest BCUT2D eigenvalue weighted by Gasteiger charge is 2.31. The Morgan fingerprint density at radius 3 is 2.55 bits per heavy atom. The third kappa shape index (κ3) is 3.31. The minimum absolute atomic E-state index is 0.0700. The van der Waals surface area contributed by atoms with E-state index in [1.807, 2.05) is 0 Å². The van der Waals surface area contributed by atoms with Crippen molar-refractivity contribution in [2.45, 2.75) is 12.8 Å². The molecule has 0 aliphatic heterocycles. The highest BCUT2D eigenvalue weighted by Crippen LogP contribution is 2.30. The summed E-state index contributed by atoms with van der Waals surface area (Å²) in [6.07, 6.45) is 1.92. The Kier molecular flexibility index (Phi) is 3.97. The average Bonchev–Trinajstić information content (AvgIpc) is 3.20. The lowest BCUT2D eigenvalue weighted by atomic mass is 10.1. The zero-order valence-electron chi connectivity index (χ0n) is 10.7. The lowest BCUT2D eigenvalue weighted by Gasteiger charge is -2.20. The average molecular weight is 278 g/mol. The molecular weight excluding hydrogens is 264 g/mol. The zero-order chi connectivity index (χ0) is 14.7. The number of carbonyl (C=O) groups is 2. The molecule has 1 aliphatic rings. The fourth-order valence-corrected chi connectivity index (χ4v) is 1.98. The Bertz CT molecular complexity index is 553. The van der Waals surface area contributed by atoms with E-state index >= 15 is 0 Å². The molecule has 1 aromatic carbocycles. The first-order chi connectivity index (χ1) is 9.49. The summed E-state index contributed by atoms with van der Waals surface area (Å²) in [5.41, 5.74) is -0.372. The molecule has 1 saturated carbocycles. The maximum Gasteiger partial charge on any atom is 0.323 e. The Labute approximate surface area is 115 Å². The smallest absolute Gasteiger partial charge is 0.323 e. The van der Waals surface area contributed by atoms with Gasteiger partial charge in [-0.25, -0.2) is 0 Å². The number of rotatable bonds is 6. The van der Waals surface area contributed by atoms with Crippen molar-refractivity contribution in [1.29, 1.82) is 0 Å². The summed E-state index contributed by atoms with van der Waals surface area (Å²) < 4.78 is 0. The van der Waals surface area contributed by atoms with Gasteiger partial charge in [-0.3, -0.25) is 19.7 Å². The first-order valence-corrected chi connectivity index (χ1v) is 6.23. The standard InChI is InChI=1S/C13H14N2O5/c16-12(17)8-14(7-9-5-6-9)13(18)10-3-1-2-4-11(10)15(19)20/h1-4,9H,5-8H2,(H,16,17). The van der Waals surface area contributed by atoms with Gasteiger partial charge in [-0.15, -0.1) is 0 Å². The van der Waals surface area contributed by atoms with Crippen LogP contribution >= 0.6 is 0 Å². The first-order valence-electron chi connectivity index (χ1n) is 6.23. The van der Waals surface area contributed by atoms with Crippen molar-refractivity contribution in [2.24, 2.45) is 5.92 Å². The minimum Gasteiger partial charge on any atom is -0.480 e. The van der Waals surface area contributed by atoms with Gasteiger partial charge >= 0.3 is 5.97 Å². The van der Waals surface area contributed by atoms with Gasteiger partial charge in [-0.05, 0) is 24.8 Å². The lowest BCUT2D eigenvalue weighted by Crippen LogP contribution is -2.37. The zero-order valence-corrected chi connectivity index (χ0v) is 10.7. The number of nitrogens with zero attached hydrogens (tertiary/aromatic N) is 2. The van der Waals surface area contributed by atoms with E-state index in [2.05, 4.69) is 0 Å². The topological polar surface area (TPSA) is 101 Å². The molecule has 0 atom stereocenters. The second-order valence-electron chi connectivity index (χ2n) is 4.80. The van der Waals surface area contributed by atoms with Crippen molar-refractivity contribution in [3.63, 3.8) is 0 Å². The van der Waals surface area contributed by atoms with Gasteiger partial charge in [0.15, 0.2) is 0 Å². The van der Waals surface area contributed by atoms with E-state index < -0.39 is 23.3 Å². The second kappa shape index (κ2) is 5.68. The molecule has 1 amide bonds. The van der Waals surface area contributed by atoms with Crippen LogP contribution in [0.15, 0.2) is 24.3 Å². The van der Waals surface area contributed by atoms with Gasteiger partial charge in [0.05, 0.1) is 4.92 Å². The van der Waals surface area contributed by atoms with Crippen LogP contribution in [-0.2, 0) is 4.79 Å². The lowest BCUT2D eigenvalue weighted by molar-refractivity contribution is -0.385. The predicted octanol–water partition coefficient (Wildman–Crippen LogP) is 1.53. The monoisotopic (exact) mass is 278 g/mol. The van der Waals surface area contributed by atoms with E-state index in [4.69, 9.17) is 5.11 Å². The maximum absolute atomic E-state index is 12.3. The van der Waals surface area contributed by atoms with Gasteiger partial charge in [-0.2, -0.15) is 0 Å². The summed E-state index contributed by atoms with van der Waals surface area (Å²) in [6, 6.07) is 5.58. The summed E-state index contributed by atoms with van der Waals surface area (Å²) in [5, 5.41) is 19.8. The van der Waals surface area contributed by atoms with Crippen molar-refractivity contribution in [1.82, 2.24) is 4.90 Å². The van der Waals surface area contributed by atoms with E-state index in [9.17, 15) is 19.7 Å². The van der Waals surface area contributed by atoms with Crippen LogP contribution in [0.5, 0.6) is 0 Å². The quantitative estimate of drug-likeness (QED) is 0.628. The number of hydrogen-bond acceptors (Lipinski definition) is 4. The Morgan fingerprint density at radius 1 is 1.35 bits per heavy atom. The van der Waals surface area contributed by atoms with E-state index in [0.717, 1.165) is 12.8 Å². The highest BCUT2D eigenvalue weighted by atomic mass is 16.6. The molecule has 0 saturated heterocycles. The van der Waals surface area contributed by atoms with E-state index in [1.54, 1.807) is 0 Å². The minimum atomic E-state index is -1.13. The van der Waals surface area contributed by atoms with Crippen LogP contribution in [0.2, 0.25) is 0 Å². The molecule has 1 N–H and O–H groups in total. The number of aliphatic carboxylic acids is 1. The molecule has 1 aromatic rings. The highest BCUT2D eigenvalue weighted by molar-refractivity contribution is 5.99. The summed E-state index contributed by atoms with van der Waals surface area (Å²) in [7, 11) is 0. The normalized spacial score (nSPS) is 13.8. The molecular formula is C13H14N2O5. The van der Waals surface area contributed by atoms with Crippen LogP contribution in [0.4, 0.5) is 5.69 Å². The van der Waals surface area contributed by atoms with Crippen LogP contribution in [0.1, 0.15) is 23.2 Å². The summed E-state index contributed by atoms with van der Waals surface area (Å²) in [5.74, 6) is -1.43. The van der Waals surface area contributed by atoms with Crippen LogP contribution in [0.25, 0.3) is 0 Å². The van der Waals surface area contributed by atoms with Crippen molar-refractivity contribution < 1.29 is 19.6 Å². The SMILES string of the molecule is O=C(O)CN(CC1CC1)C(=O)c1ccccc1[N+](=O)[O-]. The number of carboxylic acid groups (broad SMARTS) is 1. The van der Waals surface area contributed by atoms with Crippen molar-refractivity contribution in [3.05, 3.63) is 39.9 Å². The summed E-state index contributed by atoms with van der Waals surface area (Å²) in [4.78, 5) is 34.6. The number of nitro groups is 1. The van der Waals surface area contributed by atoms with E-state index in [1.165, 1.54) is 29.2 Å². The van der Waals surface area contributed by atoms with Crippen LogP contribution in [-0.4, -0.2) is 39.9 Å². The maximum atomic E-state index is 12.3. The number of para-hydroxylation sites is 1. The molecule has 0 spiro atoms. The van der Waals surface area contributed by atoms with Crippen molar-refractivity contribution >= 4 is 17.6 Å². The Morgan fingerprint density at radius 2 is 2.00 bits per heavy atom. The van der Waals surface area contributed by atoms with Gasteiger partial charge < -0.3 is 10.0 Å². The molecule has 2 rings (SSSR count). The summed E-state index contributed by atoms with van der Waals surface area (Å²) in [6.45, 7) is -0.113. The fourth-order valence-electron chi connectivity index (χ4n) is 1.98. The molecule has 20 heavy (non-hydrogen) atoms. The number of amides is 1. The van der Waals surface area contributed by atoms with E-state index in [0.29, 0.717) is 12.5 Å². The van der Waals surface area contributed by atoms with Gasteiger partial charge in [0.1, 0.15) is 12.1 Å². The third-order valence-corrected chi connectivity index (χ3v) is 3.12. The Hall–Kier alpha value is -2.44. The predicted molar refractivity (Wildman–Crippen MR) is 69.4 cm³/mol. The molecule has 0 bridgehead atoms. The van der Waals surface area contributed by atoms with Gasteiger partial charge in [-0.1, -0.05) is 12.1 Å². The molecule has 0 unspecified atom stereocenters. The first kappa shape index (κ1) is 14.0. The molecule has 106 valence electrons. The van der Waals surface area contributed by atoms with Crippen molar-refractivity contribution in [3.8, 4) is 0 Å². The molecule has 1 aliphatic carbocycles. The molecule has 7 heteroatoms. The molecule has 0 radical (unpaired) electrons. The van der Waals surface area contributed by atoms with Crippen molar-refractivity contribution in [2.75, 3.05) is 13.1 Å². The largest absolute Gasteiger partial charge is 0.480 e. The molecule has 1 fully saturated rings. The van der Waals surface area contributed by atoms with Crippen LogP contribution in [0, 0.1) is 16.0 Å². The van der Waals surface area contributed by atoms with Crippen LogP contribution in [0.3, 0.4) is 0 Å². The van der Waals surface area contributed by atoms with Gasteiger partial charge in [0, 0.05) is 12.6 Å². The van der Waals surface area contributed by atoms with E-state index in [-0.39, 0.29) is 11.3 Å². The van der Waals surface area contributed by atoms with Crippen LogP contribution < -0.4 is 0 Å². The number of carbonyl (C=O) groups excluding carboxylic acids is 1. The second-order valence-corrected chi connectivity index (χ2v) is 4.80. The van der Waals surface area contributed by atoms with Gasteiger partial charge in [0.2, 0.25) is 0 Å².